The number of amides is 1. The minimum Gasteiger partial charge on any atom is -0.493 e. The van der Waals surface area contributed by atoms with Gasteiger partial charge in [0.25, 0.3) is 11.1 Å². The van der Waals surface area contributed by atoms with Crippen molar-refractivity contribution in [3.63, 3.8) is 0 Å². The highest BCUT2D eigenvalue weighted by Gasteiger charge is 2.24. The van der Waals surface area contributed by atoms with Gasteiger partial charge in [0.05, 0.1) is 24.0 Å². The van der Waals surface area contributed by atoms with Crippen molar-refractivity contribution < 1.29 is 13.9 Å². The number of carbonyl (C=O) groups is 1. The fraction of sp³-hybridized carbons (Fsp3) is 0.192. The van der Waals surface area contributed by atoms with Crippen LogP contribution in [0.15, 0.2) is 94.6 Å². The smallest absolute Gasteiger partial charge is 0.277 e. The monoisotopic (exact) mass is 459 g/mol. The molecule has 0 bridgehead atoms. The Morgan fingerprint density at radius 3 is 2.18 bits per heavy atom. The van der Waals surface area contributed by atoms with Gasteiger partial charge in [-0.15, -0.1) is 10.2 Å². The van der Waals surface area contributed by atoms with Crippen LogP contribution >= 0.6 is 11.8 Å². The Kier molecular flexibility index (Phi) is 7.42. The summed E-state index contributed by atoms with van der Waals surface area (Å²) in [4.78, 5) is 14.9. The molecule has 1 amide bonds. The Morgan fingerprint density at radius 2 is 1.55 bits per heavy atom. The van der Waals surface area contributed by atoms with E-state index in [4.69, 9.17) is 9.15 Å². The molecule has 33 heavy (non-hydrogen) atoms. The van der Waals surface area contributed by atoms with Gasteiger partial charge in [-0.1, -0.05) is 84.6 Å². The van der Waals surface area contributed by atoms with Gasteiger partial charge < -0.3 is 14.1 Å². The Bertz CT molecular complexity index is 1140. The number of nitrogens with zero attached hydrogens (tertiary/aromatic N) is 3. The molecule has 4 aromatic rings. The second-order valence-corrected chi connectivity index (χ2v) is 8.25. The van der Waals surface area contributed by atoms with E-state index in [1.807, 2.05) is 98.9 Å². The van der Waals surface area contributed by atoms with Crippen LogP contribution in [0.2, 0.25) is 0 Å². The van der Waals surface area contributed by atoms with Crippen LogP contribution < -0.4 is 4.74 Å². The van der Waals surface area contributed by atoms with Gasteiger partial charge in [-0.3, -0.25) is 4.79 Å². The van der Waals surface area contributed by atoms with Crippen molar-refractivity contribution in [2.75, 3.05) is 19.4 Å². The van der Waals surface area contributed by atoms with Crippen molar-refractivity contribution in [3.8, 4) is 17.2 Å². The molecule has 0 N–H and O–H groups in total. The maximum absolute atomic E-state index is 13.1. The first-order valence-electron chi connectivity index (χ1n) is 10.7. The minimum atomic E-state index is -0.184. The highest BCUT2D eigenvalue weighted by Crippen LogP contribution is 2.32. The molecule has 0 unspecified atom stereocenters. The molecule has 4 rings (SSSR count). The summed E-state index contributed by atoms with van der Waals surface area (Å²) in [7, 11) is 1.82. The lowest BCUT2D eigenvalue weighted by Crippen LogP contribution is -2.33. The molecule has 0 aliphatic heterocycles. The predicted octanol–water partition coefficient (Wildman–Crippen LogP) is 5.48. The number of ether oxygens (including phenoxy) is 1. The zero-order valence-corrected chi connectivity index (χ0v) is 19.4. The molecular formula is C26H25N3O3S. The van der Waals surface area contributed by atoms with Gasteiger partial charge in [-0.2, -0.15) is 0 Å². The highest BCUT2D eigenvalue weighted by molar-refractivity contribution is 7.99. The first-order chi connectivity index (χ1) is 16.2. The second kappa shape index (κ2) is 10.8. The van der Waals surface area contributed by atoms with Crippen LogP contribution in [0.25, 0.3) is 11.5 Å². The first-order valence-corrected chi connectivity index (χ1v) is 11.7. The number of rotatable bonds is 9. The van der Waals surface area contributed by atoms with Crippen LogP contribution in [0.1, 0.15) is 24.1 Å². The third-order valence-corrected chi connectivity index (χ3v) is 5.96. The van der Waals surface area contributed by atoms with E-state index in [2.05, 4.69) is 10.2 Å². The van der Waals surface area contributed by atoms with E-state index in [9.17, 15) is 4.79 Å². The highest BCUT2D eigenvalue weighted by atomic mass is 32.2. The number of hydrogen-bond acceptors (Lipinski definition) is 6. The van der Waals surface area contributed by atoms with Gasteiger partial charge in [0.2, 0.25) is 5.91 Å². The summed E-state index contributed by atoms with van der Waals surface area (Å²) in [6.45, 7) is 2.46. The van der Waals surface area contributed by atoms with E-state index in [1.165, 1.54) is 11.8 Å². The van der Waals surface area contributed by atoms with Crippen molar-refractivity contribution in [3.05, 3.63) is 96.1 Å². The Balaban J connectivity index is 1.47. The van der Waals surface area contributed by atoms with Crippen molar-refractivity contribution in [1.82, 2.24) is 15.1 Å². The fourth-order valence-electron chi connectivity index (χ4n) is 3.58. The third-order valence-electron chi connectivity index (χ3n) is 5.15. The van der Waals surface area contributed by atoms with Gasteiger partial charge >= 0.3 is 0 Å². The number of hydrogen-bond donors (Lipinski definition) is 0. The van der Waals surface area contributed by atoms with E-state index in [0.717, 1.165) is 16.7 Å². The average molecular weight is 460 g/mol. The maximum Gasteiger partial charge on any atom is 0.277 e. The van der Waals surface area contributed by atoms with Crippen LogP contribution in [0.4, 0.5) is 0 Å². The number of para-hydroxylation sites is 1. The summed E-state index contributed by atoms with van der Waals surface area (Å²) in [6.07, 6.45) is 0. The molecule has 6 nitrogen and oxygen atoms in total. The summed E-state index contributed by atoms with van der Waals surface area (Å²) < 4.78 is 11.5. The van der Waals surface area contributed by atoms with E-state index < -0.39 is 0 Å². The molecule has 0 aliphatic carbocycles. The van der Waals surface area contributed by atoms with Crippen LogP contribution in [-0.2, 0) is 4.79 Å². The molecule has 1 aromatic heterocycles. The second-order valence-electron chi connectivity index (χ2n) is 7.32. The predicted molar refractivity (Wildman–Crippen MR) is 129 cm³/mol. The molecule has 0 spiro atoms. The summed E-state index contributed by atoms with van der Waals surface area (Å²) in [5, 5.41) is 8.59. The molecular weight excluding hydrogens is 434 g/mol. The van der Waals surface area contributed by atoms with Gasteiger partial charge in [0, 0.05) is 7.05 Å². The van der Waals surface area contributed by atoms with Gasteiger partial charge in [0.15, 0.2) is 0 Å². The number of thioether (sulfide) groups is 1. The lowest BCUT2D eigenvalue weighted by molar-refractivity contribution is -0.128. The van der Waals surface area contributed by atoms with Gasteiger partial charge in [-0.05, 0) is 30.2 Å². The van der Waals surface area contributed by atoms with Crippen molar-refractivity contribution in [2.45, 2.75) is 18.2 Å². The molecule has 0 fully saturated rings. The number of benzene rings is 3. The number of carbonyl (C=O) groups excluding carboxylic acids is 1. The fourth-order valence-corrected chi connectivity index (χ4v) is 4.27. The summed E-state index contributed by atoms with van der Waals surface area (Å²) in [5.74, 6) is 1.20. The zero-order valence-electron chi connectivity index (χ0n) is 18.5. The van der Waals surface area contributed by atoms with Crippen molar-refractivity contribution in [2.24, 2.45) is 0 Å². The van der Waals surface area contributed by atoms with Crippen molar-refractivity contribution >= 4 is 17.7 Å². The molecule has 0 aliphatic rings. The Morgan fingerprint density at radius 1 is 0.939 bits per heavy atom. The van der Waals surface area contributed by atoms with Crippen LogP contribution in [0.5, 0.6) is 5.75 Å². The Labute approximate surface area is 197 Å². The molecule has 0 atom stereocenters. The lowest BCUT2D eigenvalue weighted by Gasteiger charge is -2.29. The largest absolute Gasteiger partial charge is 0.493 e. The van der Waals surface area contributed by atoms with E-state index in [0.29, 0.717) is 23.5 Å². The Hall–Kier alpha value is -3.58. The van der Waals surface area contributed by atoms with E-state index in [1.54, 1.807) is 4.90 Å². The van der Waals surface area contributed by atoms with E-state index >= 15 is 0 Å². The lowest BCUT2D eigenvalue weighted by atomic mass is 9.97. The molecule has 0 radical (unpaired) electrons. The average Bonchev–Trinajstić information content (AvgIpc) is 3.33. The van der Waals surface area contributed by atoms with Crippen LogP contribution in [0.3, 0.4) is 0 Å². The minimum absolute atomic E-state index is 0.0350. The van der Waals surface area contributed by atoms with Gasteiger partial charge in [0.1, 0.15) is 5.75 Å². The molecule has 0 saturated carbocycles. The first kappa shape index (κ1) is 22.6. The molecule has 168 valence electrons. The SMILES string of the molecule is CCOc1ccccc1-c1nnc(SCC(=O)N(C)C(c2ccccc2)c2ccccc2)o1. The molecule has 7 heteroatoms. The summed E-state index contributed by atoms with van der Waals surface area (Å²) in [5.41, 5.74) is 2.84. The van der Waals surface area contributed by atoms with Gasteiger partial charge in [-0.25, -0.2) is 0 Å². The van der Waals surface area contributed by atoms with Crippen molar-refractivity contribution in [1.29, 1.82) is 0 Å². The summed E-state index contributed by atoms with van der Waals surface area (Å²) >= 11 is 1.23. The quantitative estimate of drug-likeness (QED) is 0.309. The topological polar surface area (TPSA) is 68.5 Å². The maximum atomic E-state index is 13.1. The standard InChI is InChI=1S/C26H25N3O3S/c1-3-31-22-17-11-10-16-21(22)25-27-28-26(32-25)33-18-23(30)29(2)24(19-12-6-4-7-13-19)20-14-8-5-9-15-20/h4-17,24H,3,18H2,1-2H3. The van der Waals surface area contributed by atoms with E-state index in [-0.39, 0.29) is 17.7 Å². The normalized spacial score (nSPS) is 10.9. The molecule has 1 heterocycles. The third kappa shape index (κ3) is 5.43. The molecule has 3 aromatic carbocycles. The zero-order chi connectivity index (χ0) is 23.0. The van der Waals surface area contributed by atoms with Crippen LogP contribution in [-0.4, -0.2) is 40.4 Å². The summed E-state index contributed by atoms with van der Waals surface area (Å²) in [6, 6.07) is 27.4. The number of aromatic nitrogens is 2. The molecule has 0 saturated heterocycles. The van der Waals surface area contributed by atoms with Crippen LogP contribution in [0, 0.1) is 0 Å².